The Morgan fingerprint density at radius 3 is 2.70 bits per heavy atom. The van der Waals surface area contributed by atoms with E-state index in [-0.39, 0.29) is 6.10 Å². The van der Waals surface area contributed by atoms with E-state index in [9.17, 15) is 5.11 Å². The average molecular weight is 266 g/mol. The fourth-order valence-corrected chi connectivity index (χ4v) is 3.30. The monoisotopic (exact) mass is 266 g/mol. The SMILES string of the molecule is Cc1ccc(CC(O)C2CCc3ccccc32)cc1C. The lowest BCUT2D eigenvalue weighted by Crippen LogP contribution is -2.19. The first-order chi connectivity index (χ1) is 9.65. The fraction of sp³-hybridized carbons (Fsp3) is 0.368. The molecule has 104 valence electrons. The number of fused-ring (bicyclic) bond motifs is 1. The molecule has 0 amide bonds. The van der Waals surface area contributed by atoms with Crippen LogP contribution in [-0.2, 0) is 12.8 Å². The van der Waals surface area contributed by atoms with E-state index in [4.69, 9.17) is 0 Å². The Hall–Kier alpha value is -1.60. The molecule has 3 rings (SSSR count). The highest BCUT2D eigenvalue weighted by molar-refractivity contribution is 5.36. The normalized spacial score (nSPS) is 18.9. The minimum atomic E-state index is -0.277. The molecule has 0 radical (unpaired) electrons. The van der Waals surface area contributed by atoms with Crippen LogP contribution in [0.5, 0.6) is 0 Å². The number of hydrogen-bond acceptors (Lipinski definition) is 1. The van der Waals surface area contributed by atoms with Gasteiger partial charge in [-0.1, -0.05) is 42.5 Å². The van der Waals surface area contributed by atoms with Crippen molar-refractivity contribution in [1.29, 1.82) is 0 Å². The van der Waals surface area contributed by atoms with Gasteiger partial charge in [0.2, 0.25) is 0 Å². The maximum atomic E-state index is 10.6. The van der Waals surface area contributed by atoms with Crippen molar-refractivity contribution in [1.82, 2.24) is 0 Å². The zero-order valence-electron chi connectivity index (χ0n) is 12.3. The van der Waals surface area contributed by atoms with Crippen molar-refractivity contribution < 1.29 is 5.11 Å². The molecule has 0 saturated heterocycles. The molecular weight excluding hydrogens is 244 g/mol. The second kappa shape index (κ2) is 5.41. The number of benzene rings is 2. The van der Waals surface area contributed by atoms with Crippen molar-refractivity contribution in [3.05, 3.63) is 70.3 Å². The van der Waals surface area contributed by atoms with Crippen LogP contribution in [0, 0.1) is 13.8 Å². The zero-order chi connectivity index (χ0) is 14.1. The molecule has 0 saturated carbocycles. The molecule has 2 unspecified atom stereocenters. The smallest absolute Gasteiger partial charge is 0.0649 e. The number of hydrogen-bond donors (Lipinski definition) is 1. The summed E-state index contributed by atoms with van der Waals surface area (Å²) in [6, 6.07) is 15.1. The average Bonchev–Trinajstić information content (AvgIpc) is 2.87. The van der Waals surface area contributed by atoms with Crippen molar-refractivity contribution in [2.24, 2.45) is 0 Å². The van der Waals surface area contributed by atoms with Gasteiger partial charge in [0.05, 0.1) is 6.10 Å². The highest BCUT2D eigenvalue weighted by Crippen LogP contribution is 2.36. The molecule has 0 heterocycles. The van der Waals surface area contributed by atoms with Crippen LogP contribution in [0.1, 0.15) is 40.2 Å². The summed E-state index contributed by atoms with van der Waals surface area (Å²) >= 11 is 0. The van der Waals surface area contributed by atoms with Crippen LogP contribution >= 0.6 is 0 Å². The minimum Gasteiger partial charge on any atom is -0.392 e. The summed E-state index contributed by atoms with van der Waals surface area (Å²) in [6.07, 6.45) is 2.65. The van der Waals surface area contributed by atoms with Gasteiger partial charge < -0.3 is 5.11 Å². The van der Waals surface area contributed by atoms with Crippen molar-refractivity contribution in [2.45, 2.75) is 45.1 Å². The highest BCUT2D eigenvalue weighted by atomic mass is 16.3. The maximum absolute atomic E-state index is 10.6. The lowest BCUT2D eigenvalue weighted by molar-refractivity contribution is 0.143. The summed E-state index contributed by atoms with van der Waals surface area (Å²) in [7, 11) is 0. The van der Waals surface area contributed by atoms with Crippen LogP contribution in [0.25, 0.3) is 0 Å². The molecule has 20 heavy (non-hydrogen) atoms. The van der Waals surface area contributed by atoms with E-state index < -0.39 is 0 Å². The molecule has 0 aromatic heterocycles. The van der Waals surface area contributed by atoms with Crippen molar-refractivity contribution in [3.8, 4) is 0 Å². The van der Waals surface area contributed by atoms with E-state index in [0.29, 0.717) is 5.92 Å². The molecule has 1 aliphatic carbocycles. The lowest BCUT2D eigenvalue weighted by Gasteiger charge is -2.19. The van der Waals surface area contributed by atoms with Crippen molar-refractivity contribution >= 4 is 0 Å². The molecule has 0 spiro atoms. The molecule has 1 heteroatoms. The molecule has 0 aliphatic heterocycles. The predicted molar refractivity (Wildman–Crippen MR) is 83.1 cm³/mol. The minimum absolute atomic E-state index is 0.277. The Morgan fingerprint density at radius 1 is 1.10 bits per heavy atom. The van der Waals surface area contributed by atoms with E-state index in [0.717, 1.165) is 19.3 Å². The van der Waals surface area contributed by atoms with E-state index in [1.54, 1.807) is 0 Å². The van der Waals surface area contributed by atoms with E-state index in [1.165, 1.54) is 27.8 Å². The van der Waals surface area contributed by atoms with Gasteiger partial charge in [0, 0.05) is 5.92 Å². The Bertz CT molecular complexity index is 615. The summed E-state index contributed by atoms with van der Waals surface area (Å²) < 4.78 is 0. The third-order valence-electron chi connectivity index (χ3n) is 4.66. The molecule has 0 fully saturated rings. The molecule has 1 nitrogen and oxygen atoms in total. The maximum Gasteiger partial charge on any atom is 0.0649 e. The van der Waals surface area contributed by atoms with Gasteiger partial charge in [-0.05, 0) is 60.9 Å². The van der Waals surface area contributed by atoms with Gasteiger partial charge in [-0.25, -0.2) is 0 Å². The molecule has 2 aromatic rings. The Labute approximate surface area is 121 Å². The Balaban J connectivity index is 1.77. The molecule has 1 N–H and O–H groups in total. The molecule has 1 aliphatic rings. The van der Waals surface area contributed by atoms with Crippen LogP contribution < -0.4 is 0 Å². The van der Waals surface area contributed by atoms with Crippen LogP contribution in [0.3, 0.4) is 0 Å². The van der Waals surface area contributed by atoms with Crippen LogP contribution in [0.2, 0.25) is 0 Å². The van der Waals surface area contributed by atoms with Crippen LogP contribution in [0.15, 0.2) is 42.5 Å². The van der Waals surface area contributed by atoms with Crippen molar-refractivity contribution in [3.63, 3.8) is 0 Å². The first-order valence-corrected chi connectivity index (χ1v) is 7.47. The quantitative estimate of drug-likeness (QED) is 0.892. The predicted octanol–water partition coefficient (Wildman–Crippen LogP) is 3.94. The van der Waals surface area contributed by atoms with Gasteiger partial charge in [-0.2, -0.15) is 0 Å². The van der Waals surface area contributed by atoms with Gasteiger partial charge in [-0.3, -0.25) is 0 Å². The van der Waals surface area contributed by atoms with E-state index in [2.05, 4.69) is 56.3 Å². The largest absolute Gasteiger partial charge is 0.392 e. The van der Waals surface area contributed by atoms with Gasteiger partial charge >= 0.3 is 0 Å². The highest BCUT2D eigenvalue weighted by Gasteiger charge is 2.28. The molecular formula is C19H22O. The molecule has 2 atom stereocenters. The second-order valence-corrected chi connectivity index (χ2v) is 6.03. The van der Waals surface area contributed by atoms with Crippen LogP contribution in [-0.4, -0.2) is 11.2 Å². The van der Waals surface area contributed by atoms with Gasteiger partial charge in [0.25, 0.3) is 0 Å². The van der Waals surface area contributed by atoms with E-state index in [1.807, 2.05) is 0 Å². The number of aliphatic hydroxyl groups excluding tert-OH is 1. The third-order valence-corrected chi connectivity index (χ3v) is 4.66. The molecule has 2 aromatic carbocycles. The lowest BCUT2D eigenvalue weighted by atomic mass is 9.90. The summed E-state index contributed by atoms with van der Waals surface area (Å²) in [5.41, 5.74) is 6.63. The van der Waals surface area contributed by atoms with Gasteiger partial charge in [0.15, 0.2) is 0 Å². The Kier molecular flexibility index (Phi) is 3.62. The fourth-order valence-electron chi connectivity index (χ4n) is 3.30. The Morgan fingerprint density at radius 2 is 1.90 bits per heavy atom. The third kappa shape index (κ3) is 2.51. The molecule has 0 bridgehead atoms. The summed E-state index contributed by atoms with van der Waals surface area (Å²) in [4.78, 5) is 0. The summed E-state index contributed by atoms with van der Waals surface area (Å²) in [5, 5.41) is 10.6. The van der Waals surface area contributed by atoms with Crippen LogP contribution in [0.4, 0.5) is 0 Å². The zero-order valence-corrected chi connectivity index (χ0v) is 12.3. The first kappa shape index (κ1) is 13.4. The number of rotatable bonds is 3. The van der Waals surface area contributed by atoms with Gasteiger partial charge in [0.1, 0.15) is 0 Å². The second-order valence-electron chi connectivity index (χ2n) is 6.03. The summed E-state index contributed by atoms with van der Waals surface area (Å²) in [6.45, 7) is 4.26. The van der Waals surface area contributed by atoms with Crippen molar-refractivity contribution in [2.75, 3.05) is 0 Å². The number of aryl methyl sites for hydroxylation is 3. The number of aliphatic hydroxyl groups is 1. The topological polar surface area (TPSA) is 20.2 Å². The summed E-state index contributed by atoms with van der Waals surface area (Å²) in [5.74, 6) is 0.299. The van der Waals surface area contributed by atoms with E-state index >= 15 is 0 Å². The standard InChI is InChI=1S/C19H22O/c1-13-7-8-15(11-14(13)2)12-19(20)18-10-9-16-5-3-4-6-17(16)18/h3-8,11,18-20H,9-10,12H2,1-2H3. The first-order valence-electron chi connectivity index (χ1n) is 7.47. The van der Waals surface area contributed by atoms with Gasteiger partial charge in [-0.15, -0.1) is 0 Å².